The average molecular weight is 737 g/mol. The van der Waals surface area contributed by atoms with Crippen LogP contribution >= 0.6 is 11.8 Å². The van der Waals surface area contributed by atoms with E-state index in [0.29, 0.717) is 5.75 Å². The van der Waals surface area contributed by atoms with Gasteiger partial charge >= 0.3 is 12.1 Å². The third-order valence-corrected chi connectivity index (χ3v) is 7.94. The Morgan fingerprint density at radius 2 is 1.35 bits per heavy atom. The molecule has 1 aromatic rings. The molecule has 0 saturated carbocycles. The highest BCUT2D eigenvalue weighted by Crippen LogP contribution is 2.10. The van der Waals surface area contributed by atoms with Crippen molar-refractivity contribution in [2.24, 2.45) is 11.8 Å². The SMILES string of the molecule is CSCCC(NC(=O)C(CC(C)C)NC(=O)CNC(=O)C(NC(=O)C(Cc1ccccc1)NC(=O)C(C)NC(=O)OC(C)(C)C)C(C)C)C(=O)O. The Morgan fingerprint density at radius 1 is 0.765 bits per heavy atom. The van der Waals surface area contributed by atoms with Crippen molar-refractivity contribution >= 4 is 53.4 Å². The molecule has 0 aromatic heterocycles. The number of benzene rings is 1. The summed E-state index contributed by atoms with van der Waals surface area (Å²) in [7, 11) is 0. The number of rotatable bonds is 20. The molecule has 7 N–H and O–H groups in total. The summed E-state index contributed by atoms with van der Waals surface area (Å²) in [5.41, 5.74) is -0.0568. The van der Waals surface area contributed by atoms with Crippen molar-refractivity contribution in [3.63, 3.8) is 0 Å². The van der Waals surface area contributed by atoms with E-state index in [1.165, 1.54) is 18.7 Å². The van der Waals surface area contributed by atoms with Gasteiger partial charge in [0.25, 0.3) is 0 Å². The van der Waals surface area contributed by atoms with E-state index in [0.717, 1.165) is 5.56 Å². The van der Waals surface area contributed by atoms with Crippen LogP contribution in [0, 0.1) is 11.8 Å². The summed E-state index contributed by atoms with van der Waals surface area (Å²) in [4.78, 5) is 89.7. The Balaban J connectivity index is 3.01. The van der Waals surface area contributed by atoms with Crippen molar-refractivity contribution in [2.45, 2.75) is 110 Å². The number of nitrogens with one attached hydrogen (secondary N) is 6. The van der Waals surface area contributed by atoms with Gasteiger partial charge in [-0.25, -0.2) is 9.59 Å². The first-order chi connectivity index (χ1) is 23.7. The van der Waals surface area contributed by atoms with Gasteiger partial charge in [0.15, 0.2) is 0 Å². The van der Waals surface area contributed by atoms with E-state index in [-0.39, 0.29) is 25.2 Å². The second kappa shape index (κ2) is 21.8. The number of carbonyl (C=O) groups excluding carboxylic acids is 6. The summed E-state index contributed by atoms with van der Waals surface area (Å²) in [6.07, 6.45) is 1.53. The average Bonchev–Trinajstić information content (AvgIpc) is 3.02. The maximum atomic E-state index is 13.6. The van der Waals surface area contributed by atoms with Crippen LogP contribution in [0.4, 0.5) is 4.79 Å². The Hall–Kier alpha value is -4.34. The third-order valence-electron chi connectivity index (χ3n) is 7.30. The van der Waals surface area contributed by atoms with Gasteiger partial charge in [0.05, 0.1) is 6.54 Å². The maximum Gasteiger partial charge on any atom is 0.408 e. The second-order valence-corrected chi connectivity index (χ2v) is 15.0. The molecule has 0 radical (unpaired) electrons. The smallest absolute Gasteiger partial charge is 0.408 e. The van der Waals surface area contributed by atoms with E-state index < -0.39 is 89.9 Å². The molecule has 0 aliphatic carbocycles. The molecule has 0 saturated heterocycles. The Morgan fingerprint density at radius 3 is 1.88 bits per heavy atom. The molecule has 0 fully saturated rings. The number of amides is 6. The van der Waals surface area contributed by atoms with Crippen LogP contribution in [0.1, 0.15) is 73.8 Å². The summed E-state index contributed by atoms with van der Waals surface area (Å²) in [6, 6.07) is 3.45. The van der Waals surface area contributed by atoms with Crippen molar-refractivity contribution in [1.82, 2.24) is 31.9 Å². The molecule has 0 aliphatic heterocycles. The van der Waals surface area contributed by atoms with Crippen molar-refractivity contribution in [2.75, 3.05) is 18.6 Å². The fourth-order valence-electron chi connectivity index (χ4n) is 4.69. The fourth-order valence-corrected chi connectivity index (χ4v) is 5.16. The van der Waals surface area contributed by atoms with Crippen LogP contribution in [0.15, 0.2) is 30.3 Å². The lowest BCUT2D eigenvalue weighted by atomic mass is 10.0. The van der Waals surface area contributed by atoms with Gasteiger partial charge in [-0.3, -0.25) is 24.0 Å². The zero-order valence-electron chi connectivity index (χ0n) is 31.1. The number of carbonyl (C=O) groups is 7. The van der Waals surface area contributed by atoms with Crippen LogP contribution in [0.5, 0.6) is 0 Å². The van der Waals surface area contributed by atoms with E-state index in [9.17, 15) is 38.7 Å². The van der Waals surface area contributed by atoms with Crippen LogP contribution in [0.3, 0.4) is 0 Å². The normalized spacial score (nSPS) is 14.3. The Bertz CT molecular complexity index is 1340. The van der Waals surface area contributed by atoms with Gasteiger partial charge < -0.3 is 41.7 Å². The second-order valence-electron chi connectivity index (χ2n) is 14.0. The highest BCUT2D eigenvalue weighted by molar-refractivity contribution is 7.98. The molecule has 6 amide bonds. The lowest BCUT2D eigenvalue weighted by Gasteiger charge is -2.27. The van der Waals surface area contributed by atoms with Gasteiger partial charge in [0, 0.05) is 6.42 Å². The minimum atomic E-state index is -1.18. The maximum absolute atomic E-state index is 13.6. The molecule has 1 aromatic carbocycles. The summed E-state index contributed by atoms with van der Waals surface area (Å²) >= 11 is 1.44. The monoisotopic (exact) mass is 736 g/mol. The Kier molecular flexibility index (Phi) is 19.1. The summed E-state index contributed by atoms with van der Waals surface area (Å²) < 4.78 is 5.21. The summed E-state index contributed by atoms with van der Waals surface area (Å²) in [6.45, 7) is 13.0. The first-order valence-corrected chi connectivity index (χ1v) is 18.4. The molecular formula is C35H56N6O9S. The molecule has 0 spiro atoms. The zero-order chi connectivity index (χ0) is 38.9. The highest BCUT2D eigenvalue weighted by Gasteiger charge is 2.32. The summed E-state index contributed by atoms with van der Waals surface area (Å²) in [5.74, 6) is -4.46. The van der Waals surface area contributed by atoms with Crippen molar-refractivity contribution < 1.29 is 43.4 Å². The number of carboxylic acid groups (broad SMARTS) is 1. The lowest BCUT2D eigenvalue weighted by Crippen LogP contribution is -2.58. The lowest BCUT2D eigenvalue weighted by molar-refractivity contribution is -0.142. The standard InChI is InChI=1S/C35H56N6O9S/c1-20(2)17-25(30(44)39-24(33(47)48)15-16-51-9)38-27(42)19-36-32(46)28(21(3)4)41-31(45)26(18-23-13-11-10-12-14-23)40-29(43)22(5)37-34(49)50-35(6,7)8/h10-14,20-22,24-26,28H,15-19H2,1-9H3,(H,36,46)(H,37,49)(H,38,42)(H,39,44)(H,40,43)(H,41,45)(H,47,48). The number of aliphatic carboxylic acids is 1. The van der Waals surface area contributed by atoms with Crippen LogP contribution in [0.2, 0.25) is 0 Å². The molecule has 15 nitrogen and oxygen atoms in total. The predicted octanol–water partition coefficient (Wildman–Crippen LogP) is 1.74. The van der Waals surface area contributed by atoms with Gasteiger partial charge in [-0.2, -0.15) is 11.8 Å². The minimum absolute atomic E-state index is 0.0222. The van der Waals surface area contributed by atoms with Crippen molar-refractivity contribution in [1.29, 1.82) is 0 Å². The van der Waals surface area contributed by atoms with Crippen molar-refractivity contribution in [3.05, 3.63) is 35.9 Å². The predicted molar refractivity (Wildman–Crippen MR) is 195 cm³/mol. The van der Waals surface area contributed by atoms with E-state index in [4.69, 9.17) is 4.74 Å². The molecule has 0 aliphatic rings. The van der Waals surface area contributed by atoms with Gasteiger partial charge in [0.2, 0.25) is 29.5 Å². The Labute approximate surface area is 304 Å². The van der Waals surface area contributed by atoms with E-state index in [2.05, 4.69) is 31.9 Å². The van der Waals surface area contributed by atoms with Crippen LogP contribution < -0.4 is 31.9 Å². The summed E-state index contributed by atoms with van der Waals surface area (Å²) in [5, 5.41) is 24.9. The first kappa shape index (κ1) is 44.7. The van der Waals surface area contributed by atoms with Crippen LogP contribution in [-0.4, -0.2) is 101 Å². The number of hydrogen-bond donors (Lipinski definition) is 7. The van der Waals surface area contributed by atoms with Gasteiger partial charge in [-0.05, 0) is 69.9 Å². The number of hydrogen-bond acceptors (Lipinski definition) is 9. The van der Waals surface area contributed by atoms with Crippen LogP contribution in [0.25, 0.3) is 0 Å². The van der Waals surface area contributed by atoms with E-state index in [1.807, 2.05) is 20.1 Å². The van der Waals surface area contributed by atoms with Gasteiger partial charge in [-0.15, -0.1) is 0 Å². The highest BCUT2D eigenvalue weighted by atomic mass is 32.2. The first-order valence-electron chi connectivity index (χ1n) is 17.0. The van der Waals surface area contributed by atoms with Gasteiger partial charge in [-0.1, -0.05) is 58.0 Å². The molecule has 16 heteroatoms. The van der Waals surface area contributed by atoms with Crippen LogP contribution in [-0.2, 0) is 39.9 Å². The number of thioether (sulfide) groups is 1. The fraction of sp³-hybridized carbons (Fsp3) is 0.629. The van der Waals surface area contributed by atoms with E-state index in [1.54, 1.807) is 65.0 Å². The number of carboxylic acids is 1. The minimum Gasteiger partial charge on any atom is -0.480 e. The number of ether oxygens (including phenoxy) is 1. The molecule has 0 heterocycles. The molecule has 5 atom stereocenters. The molecule has 286 valence electrons. The third kappa shape index (κ3) is 17.9. The zero-order valence-corrected chi connectivity index (χ0v) is 31.9. The van der Waals surface area contributed by atoms with Gasteiger partial charge in [0.1, 0.15) is 35.8 Å². The van der Waals surface area contributed by atoms with E-state index >= 15 is 0 Å². The quantitative estimate of drug-likeness (QED) is 0.103. The topological polar surface area (TPSA) is 221 Å². The molecule has 0 bridgehead atoms. The largest absolute Gasteiger partial charge is 0.480 e. The molecular weight excluding hydrogens is 680 g/mol. The molecule has 1 rings (SSSR count). The number of alkyl carbamates (subject to hydrolysis) is 1. The van der Waals surface area contributed by atoms with Crippen molar-refractivity contribution in [3.8, 4) is 0 Å². The molecule has 5 unspecified atom stereocenters. The molecule has 51 heavy (non-hydrogen) atoms.